The normalized spacial score (nSPS) is 20.4. The highest BCUT2D eigenvalue weighted by Gasteiger charge is 2.28. The number of hydrogen-bond acceptors (Lipinski definition) is 5. The molecule has 1 atom stereocenters. The van der Waals surface area contributed by atoms with Crippen LogP contribution in [0.25, 0.3) is 0 Å². The molecule has 0 radical (unpaired) electrons. The summed E-state index contributed by atoms with van der Waals surface area (Å²) in [5.41, 5.74) is 0.851. The monoisotopic (exact) mass is 326 g/mol. The lowest BCUT2D eigenvalue weighted by atomic mass is 10.1. The van der Waals surface area contributed by atoms with Gasteiger partial charge >= 0.3 is 0 Å². The molecule has 0 aromatic heterocycles. The average Bonchev–Trinajstić information content (AvgIpc) is 3.05. The summed E-state index contributed by atoms with van der Waals surface area (Å²) in [6.45, 7) is 1.22. The van der Waals surface area contributed by atoms with Crippen LogP contribution in [-0.2, 0) is 21.2 Å². The molecule has 0 spiro atoms. The van der Waals surface area contributed by atoms with Crippen LogP contribution in [0.4, 0.5) is 0 Å². The number of benzene rings is 1. The van der Waals surface area contributed by atoms with Gasteiger partial charge in [-0.25, -0.2) is 13.6 Å². The van der Waals surface area contributed by atoms with Crippen molar-refractivity contribution in [2.45, 2.75) is 12.8 Å². The number of nitrogens with two attached hydrogens (primary N) is 1. The molecule has 1 saturated heterocycles. The SMILES string of the molecule is NS(=O)(=O)C[C@@H]1CCN(C(=O)Cc2ccc3c(c2)OCO3)C1. The number of rotatable bonds is 4. The van der Waals surface area contributed by atoms with E-state index in [9.17, 15) is 13.2 Å². The Kier molecular flexibility index (Phi) is 3.96. The Morgan fingerprint density at radius 3 is 2.86 bits per heavy atom. The van der Waals surface area contributed by atoms with Crippen LogP contribution in [0.3, 0.4) is 0 Å². The van der Waals surface area contributed by atoms with Crippen molar-refractivity contribution in [1.29, 1.82) is 0 Å². The molecule has 7 nitrogen and oxygen atoms in total. The van der Waals surface area contributed by atoms with Crippen LogP contribution in [0.2, 0.25) is 0 Å². The quantitative estimate of drug-likeness (QED) is 0.846. The third kappa shape index (κ3) is 3.50. The summed E-state index contributed by atoms with van der Waals surface area (Å²) < 4.78 is 32.7. The number of primary sulfonamides is 1. The molecule has 2 aliphatic rings. The van der Waals surface area contributed by atoms with E-state index < -0.39 is 10.0 Å². The van der Waals surface area contributed by atoms with E-state index >= 15 is 0 Å². The van der Waals surface area contributed by atoms with Gasteiger partial charge in [-0.1, -0.05) is 6.07 Å². The molecule has 1 aromatic rings. The first-order valence-electron chi connectivity index (χ1n) is 7.07. The van der Waals surface area contributed by atoms with Gasteiger partial charge in [-0.05, 0) is 30.0 Å². The number of carbonyl (C=O) groups is 1. The zero-order valence-electron chi connectivity index (χ0n) is 12.0. The maximum Gasteiger partial charge on any atom is 0.231 e. The average molecular weight is 326 g/mol. The number of ether oxygens (including phenoxy) is 2. The molecular weight excluding hydrogens is 308 g/mol. The van der Waals surface area contributed by atoms with Gasteiger partial charge in [0.05, 0.1) is 12.2 Å². The van der Waals surface area contributed by atoms with Crippen LogP contribution in [0.15, 0.2) is 18.2 Å². The molecule has 0 aliphatic carbocycles. The fourth-order valence-corrected chi connectivity index (χ4v) is 3.79. The number of likely N-dealkylation sites (tertiary alicyclic amines) is 1. The number of sulfonamides is 1. The van der Waals surface area contributed by atoms with E-state index in [4.69, 9.17) is 14.6 Å². The molecule has 2 aliphatic heterocycles. The maximum atomic E-state index is 12.3. The van der Waals surface area contributed by atoms with E-state index in [1.807, 2.05) is 6.07 Å². The van der Waals surface area contributed by atoms with E-state index in [0.29, 0.717) is 31.0 Å². The summed E-state index contributed by atoms with van der Waals surface area (Å²) in [6, 6.07) is 5.43. The predicted octanol–water partition coefficient (Wildman–Crippen LogP) is 0.0948. The Balaban J connectivity index is 1.59. The van der Waals surface area contributed by atoms with Crippen LogP contribution in [0, 0.1) is 5.92 Å². The van der Waals surface area contributed by atoms with Gasteiger partial charge in [-0.3, -0.25) is 4.79 Å². The lowest BCUT2D eigenvalue weighted by Gasteiger charge is -2.16. The molecule has 2 heterocycles. The van der Waals surface area contributed by atoms with Gasteiger partial charge in [-0.2, -0.15) is 0 Å². The fraction of sp³-hybridized carbons (Fsp3) is 0.500. The summed E-state index contributed by atoms with van der Waals surface area (Å²) in [7, 11) is -3.49. The molecule has 3 rings (SSSR count). The Bertz CT molecular complexity index is 688. The Morgan fingerprint density at radius 1 is 1.32 bits per heavy atom. The van der Waals surface area contributed by atoms with Crippen molar-refractivity contribution in [3.8, 4) is 11.5 Å². The van der Waals surface area contributed by atoms with Crippen molar-refractivity contribution in [2.75, 3.05) is 25.6 Å². The molecule has 2 N–H and O–H groups in total. The summed E-state index contributed by atoms with van der Waals surface area (Å²) in [5.74, 6) is 1.18. The fourth-order valence-electron chi connectivity index (χ4n) is 2.86. The molecular formula is C14H18N2O5S. The number of carbonyl (C=O) groups excluding carboxylic acids is 1. The molecule has 1 aromatic carbocycles. The minimum Gasteiger partial charge on any atom is -0.454 e. The van der Waals surface area contributed by atoms with E-state index in [-0.39, 0.29) is 30.8 Å². The van der Waals surface area contributed by atoms with E-state index in [1.165, 1.54) is 0 Å². The molecule has 120 valence electrons. The highest BCUT2D eigenvalue weighted by Crippen LogP contribution is 2.32. The Morgan fingerprint density at radius 2 is 2.09 bits per heavy atom. The van der Waals surface area contributed by atoms with Gasteiger partial charge in [0, 0.05) is 13.1 Å². The van der Waals surface area contributed by atoms with Gasteiger partial charge < -0.3 is 14.4 Å². The van der Waals surface area contributed by atoms with Crippen molar-refractivity contribution >= 4 is 15.9 Å². The topological polar surface area (TPSA) is 98.9 Å². The van der Waals surface area contributed by atoms with Gasteiger partial charge in [0.2, 0.25) is 22.7 Å². The molecule has 0 unspecified atom stereocenters. The predicted molar refractivity (Wildman–Crippen MR) is 78.9 cm³/mol. The van der Waals surface area contributed by atoms with Gasteiger partial charge in [0.25, 0.3) is 0 Å². The minimum atomic E-state index is -3.49. The van der Waals surface area contributed by atoms with Crippen molar-refractivity contribution in [3.05, 3.63) is 23.8 Å². The highest BCUT2D eigenvalue weighted by atomic mass is 32.2. The number of fused-ring (bicyclic) bond motifs is 1. The number of hydrogen-bond donors (Lipinski definition) is 1. The zero-order chi connectivity index (χ0) is 15.7. The first-order valence-corrected chi connectivity index (χ1v) is 8.79. The Labute approximate surface area is 129 Å². The second kappa shape index (κ2) is 5.77. The van der Waals surface area contributed by atoms with Gasteiger partial charge in [0.15, 0.2) is 11.5 Å². The lowest BCUT2D eigenvalue weighted by molar-refractivity contribution is -0.129. The molecule has 0 bridgehead atoms. The lowest BCUT2D eigenvalue weighted by Crippen LogP contribution is -2.31. The second-order valence-electron chi connectivity index (χ2n) is 5.69. The first-order chi connectivity index (χ1) is 10.4. The van der Waals surface area contributed by atoms with Crippen LogP contribution >= 0.6 is 0 Å². The van der Waals surface area contributed by atoms with Crippen LogP contribution < -0.4 is 14.6 Å². The highest BCUT2D eigenvalue weighted by molar-refractivity contribution is 7.89. The van der Waals surface area contributed by atoms with E-state index in [0.717, 1.165) is 5.56 Å². The summed E-state index contributed by atoms with van der Waals surface area (Å²) in [5, 5.41) is 5.06. The van der Waals surface area contributed by atoms with Gasteiger partial charge in [-0.15, -0.1) is 0 Å². The summed E-state index contributed by atoms with van der Waals surface area (Å²) >= 11 is 0. The summed E-state index contributed by atoms with van der Waals surface area (Å²) in [6.07, 6.45) is 0.933. The largest absolute Gasteiger partial charge is 0.454 e. The molecule has 22 heavy (non-hydrogen) atoms. The zero-order valence-corrected chi connectivity index (χ0v) is 12.8. The molecule has 1 amide bonds. The smallest absolute Gasteiger partial charge is 0.231 e. The summed E-state index contributed by atoms with van der Waals surface area (Å²) in [4.78, 5) is 14.0. The molecule has 0 saturated carbocycles. The number of amides is 1. The second-order valence-corrected chi connectivity index (χ2v) is 7.35. The van der Waals surface area contributed by atoms with Gasteiger partial charge in [0.1, 0.15) is 0 Å². The van der Waals surface area contributed by atoms with Crippen molar-refractivity contribution < 1.29 is 22.7 Å². The van der Waals surface area contributed by atoms with Crippen LogP contribution in [-0.4, -0.2) is 44.9 Å². The Hall–Kier alpha value is -1.80. The standard InChI is InChI=1S/C14H18N2O5S/c15-22(18,19)8-11-3-4-16(7-11)14(17)6-10-1-2-12-13(5-10)21-9-20-12/h1-2,5,11H,3-4,6-9H2,(H2,15,18,19)/t11-/m1/s1. The number of nitrogens with zero attached hydrogens (tertiary/aromatic N) is 1. The minimum absolute atomic E-state index is 0.0178. The maximum absolute atomic E-state index is 12.3. The van der Waals surface area contributed by atoms with Crippen LogP contribution in [0.5, 0.6) is 11.5 Å². The van der Waals surface area contributed by atoms with E-state index in [2.05, 4.69) is 0 Å². The first kappa shape index (κ1) is 15.1. The molecule has 8 heteroatoms. The van der Waals surface area contributed by atoms with Crippen LogP contribution in [0.1, 0.15) is 12.0 Å². The van der Waals surface area contributed by atoms with Crippen molar-refractivity contribution in [2.24, 2.45) is 11.1 Å². The van der Waals surface area contributed by atoms with Crippen molar-refractivity contribution in [3.63, 3.8) is 0 Å². The molecule has 1 fully saturated rings. The van der Waals surface area contributed by atoms with E-state index in [1.54, 1.807) is 17.0 Å². The third-order valence-corrected chi connectivity index (χ3v) is 4.83. The van der Waals surface area contributed by atoms with Crippen molar-refractivity contribution in [1.82, 2.24) is 4.90 Å². The third-order valence-electron chi connectivity index (χ3n) is 3.90.